The number of ether oxygens (including phenoxy) is 1. The summed E-state index contributed by atoms with van der Waals surface area (Å²) in [4.78, 5) is 4.04. The van der Waals surface area contributed by atoms with Gasteiger partial charge in [-0.1, -0.05) is 35.5 Å². The molecule has 0 amide bonds. The van der Waals surface area contributed by atoms with E-state index in [2.05, 4.69) is 10.1 Å². The summed E-state index contributed by atoms with van der Waals surface area (Å²) in [5, 5.41) is 3.68. The Hall–Kier alpha value is -1.68. The first kappa shape index (κ1) is 9.86. The lowest BCUT2D eigenvalue weighted by atomic mass is 10.2. The van der Waals surface area contributed by atoms with Gasteiger partial charge in [0.1, 0.15) is 6.61 Å². The van der Waals surface area contributed by atoms with Crippen LogP contribution in [0.1, 0.15) is 17.3 Å². The van der Waals surface area contributed by atoms with E-state index < -0.39 is 0 Å². The maximum Gasteiger partial charge on any atom is 0.252 e. The molecule has 0 aliphatic heterocycles. The Balaban J connectivity index is 1.80. The third-order valence-electron chi connectivity index (χ3n) is 1.91. The quantitative estimate of drug-likeness (QED) is 0.765. The molecule has 0 unspecified atom stereocenters. The normalized spacial score (nSPS) is 10.5. The van der Waals surface area contributed by atoms with E-state index in [0.717, 1.165) is 5.56 Å². The molecule has 0 aliphatic rings. The van der Waals surface area contributed by atoms with Gasteiger partial charge in [-0.15, -0.1) is 0 Å². The fraction of sp³-hybridized carbons (Fsp3) is 0.273. The van der Waals surface area contributed by atoms with Gasteiger partial charge < -0.3 is 9.26 Å². The van der Waals surface area contributed by atoms with Crippen molar-refractivity contribution in [3.63, 3.8) is 0 Å². The number of hydrogen-bond acceptors (Lipinski definition) is 4. The number of rotatable bonds is 4. The van der Waals surface area contributed by atoms with E-state index in [1.54, 1.807) is 6.92 Å². The van der Waals surface area contributed by atoms with Gasteiger partial charge in [-0.2, -0.15) is 4.98 Å². The molecule has 0 radical (unpaired) electrons. The summed E-state index contributed by atoms with van der Waals surface area (Å²) in [6.45, 7) is 2.70. The van der Waals surface area contributed by atoms with Crippen LogP contribution in [0.2, 0.25) is 0 Å². The third-order valence-corrected chi connectivity index (χ3v) is 1.91. The molecule has 0 saturated carbocycles. The van der Waals surface area contributed by atoms with E-state index >= 15 is 0 Å². The van der Waals surface area contributed by atoms with Crippen LogP contribution in [0, 0.1) is 6.92 Å². The molecule has 15 heavy (non-hydrogen) atoms. The first-order valence-corrected chi connectivity index (χ1v) is 4.75. The van der Waals surface area contributed by atoms with Crippen LogP contribution in [0.3, 0.4) is 0 Å². The van der Waals surface area contributed by atoms with Crippen molar-refractivity contribution in [1.82, 2.24) is 10.1 Å². The largest absolute Gasteiger partial charge is 0.367 e. The van der Waals surface area contributed by atoms with Gasteiger partial charge in [0.25, 0.3) is 5.89 Å². The van der Waals surface area contributed by atoms with Crippen LogP contribution in [0.15, 0.2) is 34.9 Å². The van der Waals surface area contributed by atoms with Crippen molar-refractivity contribution in [3.8, 4) is 0 Å². The average Bonchev–Trinajstić information content (AvgIpc) is 2.66. The summed E-state index contributed by atoms with van der Waals surface area (Å²) in [6, 6.07) is 9.97. The predicted octanol–water partition coefficient (Wildman–Crippen LogP) is 2.09. The molecule has 0 aliphatic carbocycles. The van der Waals surface area contributed by atoms with Gasteiger partial charge in [-0.25, -0.2) is 0 Å². The molecule has 1 aromatic carbocycles. The van der Waals surface area contributed by atoms with Crippen molar-refractivity contribution >= 4 is 0 Å². The van der Waals surface area contributed by atoms with Crippen LogP contribution in [0.25, 0.3) is 0 Å². The number of aryl methyl sites for hydroxylation is 1. The SMILES string of the molecule is Cc1noc(COCc2ccccc2)n1. The van der Waals surface area contributed by atoms with Crippen LogP contribution in [-0.4, -0.2) is 10.1 Å². The maximum atomic E-state index is 5.42. The van der Waals surface area contributed by atoms with E-state index in [-0.39, 0.29) is 0 Å². The molecule has 0 atom stereocenters. The number of hydrogen-bond donors (Lipinski definition) is 0. The summed E-state index contributed by atoms with van der Waals surface area (Å²) in [7, 11) is 0. The summed E-state index contributed by atoms with van der Waals surface area (Å²) < 4.78 is 10.3. The first-order chi connectivity index (χ1) is 7.34. The van der Waals surface area contributed by atoms with E-state index in [1.807, 2.05) is 30.3 Å². The lowest BCUT2D eigenvalue weighted by Gasteiger charge is -2.00. The smallest absolute Gasteiger partial charge is 0.252 e. The Bertz CT molecular complexity index is 412. The second-order valence-corrected chi connectivity index (χ2v) is 3.21. The minimum Gasteiger partial charge on any atom is -0.367 e. The highest BCUT2D eigenvalue weighted by atomic mass is 16.5. The molecule has 4 nitrogen and oxygen atoms in total. The van der Waals surface area contributed by atoms with E-state index in [9.17, 15) is 0 Å². The van der Waals surface area contributed by atoms with Gasteiger partial charge in [0.2, 0.25) is 0 Å². The van der Waals surface area contributed by atoms with Gasteiger partial charge in [-0.3, -0.25) is 0 Å². The van der Waals surface area contributed by atoms with Crippen LogP contribution >= 0.6 is 0 Å². The molecule has 4 heteroatoms. The Kier molecular flexibility index (Phi) is 3.09. The van der Waals surface area contributed by atoms with Crippen molar-refractivity contribution in [1.29, 1.82) is 0 Å². The molecule has 1 heterocycles. The topological polar surface area (TPSA) is 48.2 Å². The van der Waals surface area contributed by atoms with E-state index in [4.69, 9.17) is 9.26 Å². The molecule has 0 fully saturated rings. The molecule has 0 N–H and O–H groups in total. The molecular formula is C11H12N2O2. The Morgan fingerprint density at radius 1 is 1.20 bits per heavy atom. The number of benzene rings is 1. The molecular weight excluding hydrogens is 192 g/mol. The zero-order chi connectivity index (χ0) is 10.5. The molecule has 0 saturated heterocycles. The lowest BCUT2D eigenvalue weighted by molar-refractivity contribution is 0.0850. The average molecular weight is 204 g/mol. The third kappa shape index (κ3) is 2.89. The van der Waals surface area contributed by atoms with Crippen molar-refractivity contribution in [2.75, 3.05) is 0 Å². The molecule has 1 aromatic heterocycles. The molecule has 2 rings (SSSR count). The molecule has 78 valence electrons. The lowest BCUT2D eigenvalue weighted by Crippen LogP contribution is -1.94. The van der Waals surface area contributed by atoms with E-state index in [0.29, 0.717) is 24.9 Å². The molecule has 0 bridgehead atoms. The minimum absolute atomic E-state index is 0.357. The Morgan fingerprint density at radius 2 is 2.00 bits per heavy atom. The van der Waals surface area contributed by atoms with Crippen molar-refractivity contribution < 1.29 is 9.26 Å². The van der Waals surface area contributed by atoms with Crippen LogP contribution in [0.5, 0.6) is 0 Å². The second kappa shape index (κ2) is 4.70. The summed E-state index contributed by atoms with van der Waals surface area (Å²) in [6.07, 6.45) is 0. The Labute approximate surface area is 87.9 Å². The highest BCUT2D eigenvalue weighted by Gasteiger charge is 2.01. The summed E-state index contributed by atoms with van der Waals surface area (Å²) in [5.41, 5.74) is 1.13. The van der Waals surface area contributed by atoms with Gasteiger partial charge in [0.05, 0.1) is 6.61 Å². The molecule has 0 spiro atoms. The van der Waals surface area contributed by atoms with Gasteiger partial charge in [-0.05, 0) is 12.5 Å². The summed E-state index contributed by atoms with van der Waals surface area (Å²) >= 11 is 0. The van der Waals surface area contributed by atoms with Gasteiger partial charge in [0, 0.05) is 0 Å². The van der Waals surface area contributed by atoms with Crippen molar-refractivity contribution in [3.05, 3.63) is 47.6 Å². The Morgan fingerprint density at radius 3 is 2.67 bits per heavy atom. The van der Waals surface area contributed by atoms with E-state index in [1.165, 1.54) is 0 Å². The number of nitrogens with zero attached hydrogens (tertiary/aromatic N) is 2. The van der Waals surface area contributed by atoms with Crippen LogP contribution in [0.4, 0.5) is 0 Å². The van der Waals surface area contributed by atoms with Gasteiger partial charge >= 0.3 is 0 Å². The second-order valence-electron chi connectivity index (χ2n) is 3.21. The predicted molar refractivity (Wildman–Crippen MR) is 54.0 cm³/mol. The van der Waals surface area contributed by atoms with Crippen LogP contribution in [-0.2, 0) is 18.0 Å². The highest BCUT2D eigenvalue weighted by molar-refractivity contribution is 5.13. The highest BCUT2D eigenvalue weighted by Crippen LogP contribution is 2.03. The zero-order valence-electron chi connectivity index (χ0n) is 8.51. The maximum absolute atomic E-state index is 5.42. The minimum atomic E-state index is 0.357. The summed E-state index contributed by atoms with van der Waals surface area (Å²) in [5.74, 6) is 1.15. The van der Waals surface area contributed by atoms with Crippen LogP contribution < -0.4 is 0 Å². The zero-order valence-corrected chi connectivity index (χ0v) is 8.51. The standard InChI is InChI=1S/C11H12N2O2/c1-9-12-11(15-13-9)8-14-7-10-5-3-2-4-6-10/h2-6H,7-8H2,1H3. The first-order valence-electron chi connectivity index (χ1n) is 4.75. The van der Waals surface area contributed by atoms with Crippen molar-refractivity contribution in [2.24, 2.45) is 0 Å². The van der Waals surface area contributed by atoms with Crippen molar-refractivity contribution in [2.45, 2.75) is 20.1 Å². The molecule has 2 aromatic rings. The van der Waals surface area contributed by atoms with Gasteiger partial charge in [0.15, 0.2) is 5.82 Å². The monoisotopic (exact) mass is 204 g/mol. The fourth-order valence-corrected chi connectivity index (χ4v) is 1.23. The fourth-order valence-electron chi connectivity index (χ4n) is 1.23. The number of aromatic nitrogens is 2.